The van der Waals surface area contributed by atoms with Crippen LogP contribution in [0.25, 0.3) is 0 Å². The highest BCUT2D eigenvalue weighted by molar-refractivity contribution is 6.30. The maximum atomic E-state index is 5.84. The van der Waals surface area contributed by atoms with Crippen molar-refractivity contribution in [1.82, 2.24) is 10.3 Å². The SMILES string of the molecule is CNC(COc1ccc(Cl)cc1)c1cnccc1C. The molecule has 3 nitrogen and oxygen atoms in total. The monoisotopic (exact) mass is 276 g/mol. The molecule has 19 heavy (non-hydrogen) atoms. The molecule has 2 rings (SSSR count). The Bertz CT molecular complexity index is 528. The molecule has 1 unspecified atom stereocenters. The number of nitrogens with zero attached hydrogens (tertiary/aromatic N) is 1. The first-order valence-electron chi connectivity index (χ1n) is 6.17. The third-order valence-corrected chi connectivity index (χ3v) is 3.29. The zero-order chi connectivity index (χ0) is 13.7. The van der Waals surface area contributed by atoms with Crippen molar-refractivity contribution in [1.29, 1.82) is 0 Å². The maximum absolute atomic E-state index is 5.84. The molecule has 0 saturated carbocycles. The van der Waals surface area contributed by atoms with Crippen molar-refractivity contribution in [2.75, 3.05) is 13.7 Å². The van der Waals surface area contributed by atoms with Gasteiger partial charge in [0.15, 0.2) is 0 Å². The molecule has 2 aromatic rings. The van der Waals surface area contributed by atoms with Crippen molar-refractivity contribution in [3.63, 3.8) is 0 Å². The third-order valence-electron chi connectivity index (χ3n) is 3.03. The van der Waals surface area contributed by atoms with Gasteiger partial charge in [-0.1, -0.05) is 11.6 Å². The molecule has 1 atom stereocenters. The van der Waals surface area contributed by atoms with Crippen LogP contribution in [0.5, 0.6) is 5.75 Å². The first-order valence-corrected chi connectivity index (χ1v) is 6.54. The van der Waals surface area contributed by atoms with Crippen LogP contribution in [-0.4, -0.2) is 18.6 Å². The Labute approximate surface area is 118 Å². The molecule has 1 N–H and O–H groups in total. The van der Waals surface area contributed by atoms with Crippen molar-refractivity contribution in [3.05, 3.63) is 58.9 Å². The van der Waals surface area contributed by atoms with E-state index in [0.717, 1.165) is 11.3 Å². The zero-order valence-corrected chi connectivity index (χ0v) is 11.8. The van der Waals surface area contributed by atoms with Gasteiger partial charge >= 0.3 is 0 Å². The topological polar surface area (TPSA) is 34.1 Å². The Morgan fingerprint density at radius 2 is 2.00 bits per heavy atom. The lowest BCUT2D eigenvalue weighted by Crippen LogP contribution is -2.24. The fourth-order valence-electron chi connectivity index (χ4n) is 1.88. The Hall–Kier alpha value is -1.58. The average molecular weight is 277 g/mol. The molecular weight excluding hydrogens is 260 g/mol. The molecule has 0 spiro atoms. The van der Waals surface area contributed by atoms with Crippen LogP contribution in [0, 0.1) is 6.92 Å². The second-order valence-corrected chi connectivity index (χ2v) is 4.77. The molecule has 1 heterocycles. The van der Waals surface area contributed by atoms with E-state index in [1.165, 1.54) is 5.56 Å². The predicted octanol–water partition coefficient (Wildman–Crippen LogP) is 3.38. The van der Waals surface area contributed by atoms with Gasteiger partial charge in [0.25, 0.3) is 0 Å². The van der Waals surface area contributed by atoms with Gasteiger partial charge in [-0.25, -0.2) is 0 Å². The Balaban J connectivity index is 2.04. The number of hydrogen-bond acceptors (Lipinski definition) is 3. The first kappa shape index (κ1) is 13.8. The summed E-state index contributed by atoms with van der Waals surface area (Å²) in [7, 11) is 1.92. The third kappa shape index (κ3) is 3.69. The van der Waals surface area contributed by atoms with Crippen LogP contribution >= 0.6 is 11.6 Å². The van der Waals surface area contributed by atoms with E-state index in [0.29, 0.717) is 11.6 Å². The van der Waals surface area contributed by atoms with Gasteiger partial charge < -0.3 is 10.1 Å². The van der Waals surface area contributed by atoms with Crippen LogP contribution in [0.2, 0.25) is 5.02 Å². The van der Waals surface area contributed by atoms with Crippen molar-refractivity contribution in [3.8, 4) is 5.75 Å². The maximum Gasteiger partial charge on any atom is 0.119 e. The van der Waals surface area contributed by atoms with Crippen LogP contribution in [-0.2, 0) is 0 Å². The van der Waals surface area contributed by atoms with E-state index in [4.69, 9.17) is 16.3 Å². The number of halogens is 1. The highest BCUT2D eigenvalue weighted by atomic mass is 35.5. The molecule has 1 aromatic heterocycles. The summed E-state index contributed by atoms with van der Waals surface area (Å²) < 4.78 is 5.77. The number of rotatable bonds is 5. The standard InChI is InChI=1S/C15H17ClN2O/c1-11-7-8-18-9-14(11)15(17-2)10-19-13-5-3-12(16)4-6-13/h3-9,15,17H,10H2,1-2H3. The minimum Gasteiger partial charge on any atom is -0.492 e. The summed E-state index contributed by atoms with van der Waals surface area (Å²) in [4.78, 5) is 4.17. The summed E-state index contributed by atoms with van der Waals surface area (Å²) in [6, 6.07) is 9.49. The van der Waals surface area contributed by atoms with Crippen LogP contribution in [0.3, 0.4) is 0 Å². The Morgan fingerprint density at radius 3 is 2.63 bits per heavy atom. The quantitative estimate of drug-likeness (QED) is 0.909. The van der Waals surface area contributed by atoms with Gasteiger partial charge in [0, 0.05) is 17.4 Å². The van der Waals surface area contributed by atoms with E-state index in [1.54, 1.807) is 6.20 Å². The molecule has 0 radical (unpaired) electrons. The molecule has 0 aliphatic rings. The van der Waals surface area contributed by atoms with Gasteiger partial charge in [0.1, 0.15) is 12.4 Å². The molecular formula is C15H17ClN2O. The van der Waals surface area contributed by atoms with Gasteiger partial charge in [0.05, 0.1) is 6.04 Å². The van der Waals surface area contributed by atoms with E-state index in [-0.39, 0.29) is 6.04 Å². The minimum atomic E-state index is 0.115. The molecule has 0 bridgehead atoms. The highest BCUT2D eigenvalue weighted by Crippen LogP contribution is 2.20. The van der Waals surface area contributed by atoms with E-state index in [1.807, 2.05) is 43.6 Å². The lowest BCUT2D eigenvalue weighted by Gasteiger charge is -2.19. The largest absolute Gasteiger partial charge is 0.492 e. The molecule has 0 amide bonds. The smallest absolute Gasteiger partial charge is 0.119 e. The normalized spacial score (nSPS) is 12.2. The number of benzene rings is 1. The second kappa shape index (κ2) is 6.55. The fourth-order valence-corrected chi connectivity index (χ4v) is 2.01. The van der Waals surface area contributed by atoms with Gasteiger partial charge in [-0.2, -0.15) is 0 Å². The van der Waals surface area contributed by atoms with Crippen LogP contribution in [0.4, 0.5) is 0 Å². The molecule has 0 aliphatic heterocycles. The summed E-state index contributed by atoms with van der Waals surface area (Å²) >= 11 is 5.84. The molecule has 0 aliphatic carbocycles. The zero-order valence-electron chi connectivity index (χ0n) is 11.1. The second-order valence-electron chi connectivity index (χ2n) is 4.34. The van der Waals surface area contributed by atoms with Crippen LogP contribution < -0.4 is 10.1 Å². The van der Waals surface area contributed by atoms with Crippen LogP contribution in [0.1, 0.15) is 17.2 Å². The number of aryl methyl sites for hydroxylation is 1. The first-order chi connectivity index (χ1) is 9.20. The summed E-state index contributed by atoms with van der Waals surface area (Å²) in [5.74, 6) is 0.811. The Kier molecular flexibility index (Phi) is 4.77. The van der Waals surface area contributed by atoms with Crippen molar-refractivity contribution in [2.45, 2.75) is 13.0 Å². The number of aromatic nitrogens is 1. The highest BCUT2D eigenvalue weighted by Gasteiger charge is 2.12. The predicted molar refractivity (Wildman–Crippen MR) is 77.7 cm³/mol. The number of hydrogen-bond donors (Lipinski definition) is 1. The van der Waals surface area contributed by atoms with E-state index < -0.39 is 0 Å². The molecule has 0 fully saturated rings. The van der Waals surface area contributed by atoms with E-state index in [9.17, 15) is 0 Å². The van der Waals surface area contributed by atoms with Gasteiger partial charge in [-0.15, -0.1) is 0 Å². The summed E-state index contributed by atoms with van der Waals surface area (Å²) in [6.45, 7) is 2.62. The minimum absolute atomic E-state index is 0.115. The van der Waals surface area contributed by atoms with Crippen molar-refractivity contribution >= 4 is 11.6 Å². The molecule has 100 valence electrons. The van der Waals surface area contributed by atoms with Gasteiger partial charge in [-0.3, -0.25) is 4.98 Å². The lowest BCUT2D eigenvalue weighted by molar-refractivity contribution is 0.272. The summed E-state index contributed by atoms with van der Waals surface area (Å²) in [5.41, 5.74) is 2.35. The van der Waals surface area contributed by atoms with Gasteiger partial charge in [0.2, 0.25) is 0 Å². The van der Waals surface area contributed by atoms with E-state index in [2.05, 4.69) is 17.2 Å². The van der Waals surface area contributed by atoms with Crippen molar-refractivity contribution < 1.29 is 4.74 Å². The number of ether oxygens (including phenoxy) is 1. The van der Waals surface area contributed by atoms with Crippen LogP contribution in [0.15, 0.2) is 42.7 Å². The number of likely N-dealkylation sites (N-methyl/N-ethyl adjacent to an activating group) is 1. The van der Waals surface area contributed by atoms with E-state index >= 15 is 0 Å². The summed E-state index contributed by atoms with van der Waals surface area (Å²) in [5, 5.41) is 3.96. The Morgan fingerprint density at radius 1 is 1.26 bits per heavy atom. The molecule has 0 saturated heterocycles. The fraction of sp³-hybridized carbons (Fsp3) is 0.267. The molecule has 4 heteroatoms. The molecule has 1 aromatic carbocycles. The lowest BCUT2D eigenvalue weighted by atomic mass is 10.1. The summed E-state index contributed by atoms with van der Waals surface area (Å²) in [6.07, 6.45) is 3.67. The van der Waals surface area contributed by atoms with Crippen molar-refractivity contribution in [2.24, 2.45) is 0 Å². The van der Waals surface area contributed by atoms with Gasteiger partial charge in [-0.05, 0) is 55.4 Å². The average Bonchev–Trinajstić information content (AvgIpc) is 2.43. The number of pyridine rings is 1. The number of nitrogens with one attached hydrogen (secondary N) is 1.